The Morgan fingerprint density at radius 1 is 1.18 bits per heavy atom. The maximum absolute atomic E-state index is 11.9. The zero-order chi connectivity index (χ0) is 19.3. The van der Waals surface area contributed by atoms with Crippen molar-refractivity contribution in [2.75, 3.05) is 13.1 Å². The second kappa shape index (κ2) is 8.52. The van der Waals surface area contributed by atoms with Crippen molar-refractivity contribution in [1.82, 2.24) is 14.5 Å². The van der Waals surface area contributed by atoms with E-state index in [4.69, 9.17) is 4.99 Å². The predicted octanol–water partition coefficient (Wildman–Crippen LogP) is 4.16. The molecule has 0 bridgehead atoms. The van der Waals surface area contributed by atoms with Crippen LogP contribution in [0.2, 0.25) is 0 Å². The molecule has 0 saturated carbocycles. The summed E-state index contributed by atoms with van der Waals surface area (Å²) in [6.07, 6.45) is 6.13. The van der Waals surface area contributed by atoms with Crippen LogP contribution in [-0.4, -0.2) is 33.4 Å². The van der Waals surface area contributed by atoms with Gasteiger partial charge in [0.1, 0.15) is 0 Å². The maximum Gasteiger partial charge on any atom is 0.222 e. The summed E-state index contributed by atoms with van der Waals surface area (Å²) in [6.45, 7) is 4.63. The Morgan fingerprint density at radius 3 is 2.75 bits per heavy atom. The number of nitrogens with zero attached hydrogens (tertiary/aromatic N) is 4. The number of hydrogen-bond donors (Lipinski definition) is 0. The largest absolute Gasteiger partial charge is 0.343 e. The van der Waals surface area contributed by atoms with Crippen LogP contribution in [-0.2, 0) is 11.3 Å². The average molecular weight is 393 g/mol. The molecule has 0 radical (unpaired) electrons. The molecular formula is C22H24N4OS. The molecule has 0 atom stereocenters. The number of aryl methyl sites for hydroxylation is 1. The van der Waals surface area contributed by atoms with Crippen molar-refractivity contribution in [3.05, 3.63) is 64.5 Å². The summed E-state index contributed by atoms with van der Waals surface area (Å²) in [6, 6.07) is 12.5. The van der Waals surface area contributed by atoms with Crippen LogP contribution in [0.3, 0.4) is 0 Å². The first kappa shape index (κ1) is 18.6. The number of carbonyl (C=O) groups excluding carboxylic acids is 1. The summed E-state index contributed by atoms with van der Waals surface area (Å²) in [5.74, 6) is 0.286. The Hall–Kier alpha value is -2.73. The maximum atomic E-state index is 11.9. The smallest absolute Gasteiger partial charge is 0.222 e. The fraction of sp³-hybridized carbons (Fsp3) is 0.318. The van der Waals surface area contributed by atoms with Gasteiger partial charge in [-0.3, -0.25) is 9.78 Å². The highest BCUT2D eigenvalue weighted by Crippen LogP contribution is 2.22. The lowest BCUT2D eigenvalue weighted by Crippen LogP contribution is -2.27. The first-order chi connectivity index (χ1) is 13.7. The zero-order valence-corrected chi connectivity index (χ0v) is 16.9. The quantitative estimate of drug-likeness (QED) is 0.632. The van der Waals surface area contributed by atoms with E-state index in [0.717, 1.165) is 43.0 Å². The topological polar surface area (TPSA) is 50.5 Å². The molecule has 5 nitrogen and oxygen atoms in total. The standard InChI is InChI=1S/C22H24N4OS/c1-17-7-9-18(10-8-17)20-16-28-22(24-19-5-2-11-23-15-19)26(20)14-4-13-25-12-3-6-21(25)27/h2,5,7-11,15-16H,3-4,6,12-14H2,1H3. The fourth-order valence-corrected chi connectivity index (χ4v) is 4.44. The number of hydrogen-bond acceptors (Lipinski definition) is 4. The minimum atomic E-state index is 0.286. The molecule has 28 heavy (non-hydrogen) atoms. The molecule has 0 unspecified atom stereocenters. The van der Waals surface area contributed by atoms with E-state index in [1.807, 2.05) is 17.0 Å². The van der Waals surface area contributed by atoms with Crippen LogP contribution < -0.4 is 4.80 Å². The summed E-state index contributed by atoms with van der Waals surface area (Å²) >= 11 is 1.64. The summed E-state index contributed by atoms with van der Waals surface area (Å²) in [4.78, 5) is 23.8. The number of pyridine rings is 1. The molecule has 4 rings (SSSR count). The predicted molar refractivity (Wildman–Crippen MR) is 112 cm³/mol. The Labute approximate surface area is 169 Å². The number of amides is 1. The van der Waals surface area contributed by atoms with Crippen molar-refractivity contribution >= 4 is 22.9 Å². The van der Waals surface area contributed by atoms with Gasteiger partial charge in [-0.05, 0) is 37.5 Å². The molecule has 1 fully saturated rings. The van der Waals surface area contributed by atoms with Gasteiger partial charge in [0, 0.05) is 37.6 Å². The Morgan fingerprint density at radius 2 is 2.04 bits per heavy atom. The van der Waals surface area contributed by atoms with Gasteiger partial charge >= 0.3 is 0 Å². The second-order valence-electron chi connectivity index (χ2n) is 7.08. The van der Waals surface area contributed by atoms with Gasteiger partial charge in [0.05, 0.1) is 17.6 Å². The van der Waals surface area contributed by atoms with Gasteiger partial charge in [-0.25, -0.2) is 4.99 Å². The van der Waals surface area contributed by atoms with Crippen LogP contribution in [0.25, 0.3) is 11.3 Å². The van der Waals surface area contributed by atoms with E-state index in [2.05, 4.69) is 46.1 Å². The Balaban J connectivity index is 1.63. The summed E-state index contributed by atoms with van der Waals surface area (Å²) in [5.41, 5.74) is 4.45. The summed E-state index contributed by atoms with van der Waals surface area (Å²) in [5, 5.41) is 2.17. The molecule has 1 amide bonds. The number of rotatable bonds is 6. The number of thiazole rings is 1. The van der Waals surface area contributed by atoms with Crippen molar-refractivity contribution in [3.63, 3.8) is 0 Å². The van der Waals surface area contributed by atoms with Gasteiger partial charge in [-0.2, -0.15) is 0 Å². The first-order valence-corrected chi connectivity index (χ1v) is 10.6. The van der Waals surface area contributed by atoms with Gasteiger partial charge in [-0.1, -0.05) is 29.8 Å². The second-order valence-corrected chi connectivity index (χ2v) is 7.92. The Kier molecular flexibility index (Phi) is 5.67. The zero-order valence-electron chi connectivity index (χ0n) is 16.0. The summed E-state index contributed by atoms with van der Waals surface area (Å²) < 4.78 is 2.27. The molecule has 3 heterocycles. The molecule has 1 aliphatic rings. The fourth-order valence-electron chi connectivity index (χ4n) is 3.48. The van der Waals surface area contributed by atoms with Crippen molar-refractivity contribution in [2.45, 2.75) is 32.7 Å². The third kappa shape index (κ3) is 4.22. The van der Waals surface area contributed by atoms with Crippen molar-refractivity contribution < 1.29 is 4.79 Å². The lowest BCUT2D eigenvalue weighted by Gasteiger charge is -2.16. The lowest BCUT2D eigenvalue weighted by molar-refractivity contribution is -0.127. The highest BCUT2D eigenvalue weighted by Gasteiger charge is 2.19. The number of aromatic nitrogens is 2. The van der Waals surface area contributed by atoms with E-state index in [1.165, 1.54) is 16.8 Å². The molecule has 1 aliphatic heterocycles. The summed E-state index contributed by atoms with van der Waals surface area (Å²) in [7, 11) is 0. The SMILES string of the molecule is Cc1ccc(-c2csc(=Nc3cccnc3)n2CCCN2CCCC2=O)cc1. The molecule has 0 N–H and O–H groups in total. The van der Waals surface area contributed by atoms with Gasteiger partial charge in [-0.15, -0.1) is 11.3 Å². The number of benzene rings is 1. The van der Waals surface area contributed by atoms with Crippen LogP contribution in [0.15, 0.2) is 59.2 Å². The monoisotopic (exact) mass is 392 g/mol. The molecule has 0 spiro atoms. The van der Waals surface area contributed by atoms with Crippen LogP contribution >= 0.6 is 11.3 Å². The van der Waals surface area contributed by atoms with E-state index < -0.39 is 0 Å². The van der Waals surface area contributed by atoms with Crippen molar-refractivity contribution in [3.8, 4) is 11.3 Å². The van der Waals surface area contributed by atoms with E-state index in [1.54, 1.807) is 23.7 Å². The van der Waals surface area contributed by atoms with Gasteiger partial charge < -0.3 is 9.47 Å². The average Bonchev–Trinajstić information content (AvgIpc) is 3.30. The van der Waals surface area contributed by atoms with E-state index in [9.17, 15) is 4.79 Å². The highest BCUT2D eigenvalue weighted by atomic mass is 32.1. The number of carbonyl (C=O) groups is 1. The third-order valence-electron chi connectivity index (χ3n) is 5.00. The Bertz CT molecular complexity index is 1010. The third-order valence-corrected chi connectivity index (χ3v) is 5.86. The molecule has 6 heteroatoms. The van der Waals surface area contributed by atoms with Crippen LogP contribution in [0.5, 0.6) is 0 Å². The van der Waals surface area contributed by atoms with E-state index in [0.29, 0.717) is 6.42 Å². The van der Waals surface area contributed by atoms with Crippen molar-refractivity contribution in [1.29, 1.82) is 0 Å². The van der Waals surface area contributed by atoms with Gasteiger partial charge in [0.15, 0.2) is 4.80 Å². The van der Waals surface area contributed by atoms with Gasteiger partial charge in [0.2, 0.25) is 5.91 Å². The van der Waals surface area contributed by atoms with E-state index >= 15 is 0 Å². The molecule has 1 saturated heterocycles. The molecule has 3 aromatic rings. The molecule has 2 aromatic heterocycles. The van der Waals surface area contributed by atoms with Crippen LogP contribution in [0, 0.1) is 6.92 Å². The first-order valence-electron chi connectivity index (χ1n) is 9.68. The van der Waals surface area contributed by atoms with Crippen LogP contribution in [0.4, 0.5) is 5.69 Å². The van der Waals surface area contributed by atoms with Gasteiger partial charge in [0.25, 0.3) is 0 Å². The van der Waals surface area contributed by atoms with Crippen molar-refractivity contribution in [2.24, 2.45) is 4.99 Å². The molecule has 144 valence electrons. The lowest BCUT2D eigenvalue weighted by atomic mass is 10.1. The number of likely N-dealkylation sites (tertiary alicyclic amines) is 1. The van der Waals surface area contributed by atoms with E-state index in [-0.39, 0.29) is 5.91 Å². The van der Waals surface area contributed by atoms with Crippen LogP contribution in [0.1, 0.15) is 24.8 Å². The molecule has 1 aromatic carbocycles. The normalized spacial score (nSPS) is 14.8. The minimum absolute atomic E-state index is 0.286. The molecular weight excluding hydrogens is 368 g/mol. The molecule has 0 aliphatic carbocycles. The minimum Gasteiger partial charge on any atom is -0.343 e. The highest BCUT2D eigenvalue weighted by molar-refractivity contribution is 7.07.